The van der Waals surface area contributed by atoms with E-state index in [0.717, 1.165) is 5.57 Å². The van der Waals surface area contributed by atoms with Gasteiger partial charge in [0.1, 0.15) is 0 Å². The van der Waals surface area contributed by atoms with E-state index in [1.807, 2.05) is 25.1 Å². The molecule has 20 heavy (non-hydrogen) atoms. The smallest absolute Gasteiger partial charge is 0.177 e. The summed E-state index contributed by atoms with van der Waals surface area (Å²) in [4.78, 5) is 0. The molecule has 0 aromatic heterocycles. The van der Waals surface area contributed by atoms with Crippen molar-refractivity contribution < 1.29 is 14.6 Å². The largest absolute Gasteiger partial charge is 0.376 e. The van der Waals surface area contributed by atoms with E-state index in [2.05, 4.69) is 32.1 Å². The molecule has 1 aromatic carbocycles. The Labute approximate surface area is 121 Å². The summed E-state index contributed by atoms with van der Waals surface area (Å²) >= 11 is 0. The Kier molecular flexibility index (Phi) is 5.35. The van der Waals surface area contributed by atoms with Crippen molar-refractivity contribution in [2.24, 2.45) is 11.8 Å². The summed E-state index contributed by atoms with van der Waals surface area (Å²) in [5, 5.41) is 9.79. The van der Waals surface area contributed by atoms with Crippen LogP contribution in [0.4, 0.5) is 0 Å². The first kappa shape index (κ1) is 15.2. The van der Waals surface area contributed by atoms with Gasteiger partial charge in [-0.15, -0.1) is 0 Å². The normalized spacial score (nSPS) is 28.0. The van der Waals surface area contributed by atoms with E-state index in [1.54, 1.807) is 0 Å². The molecule has 1 aliphatic rings. The highest BCUT2D eigenvalue weighted by Gasteiger charge is 2.30. The van der Waals surface area contributed by atoms with Gasteiger partial charge in [-0.05, 0) is 18.1 Å². The van der Waals surface area contributed by atoms with Crippen molar-refractivity contribution in [1.29, 1.82) is 0 Å². The Morgan fingerprint density at radius 3 is 2.70 bits per heavy atom. The van der Waals surface area contributed by atoms with E-state index in [0.29, 0.717) is 19.1 Å². The number of hydrogen-bond donors (Lipinski definition) is 1. The first-order valence-corrected chi connectivity index (χ1v) is 7.21. The fourth-order valence-electron chi connectivity index (χ4n) is 2.66. The van der Waals surface area contributed by atoms with Crippen LogP contribution in [0.3, 0.4) is 0 Å². The van der Waals surface area contributed by atoms with Gasteiger partial charge < -0.3 is 14.6 Å². The van der Waals surface area contributed by atoms with Gasteiger partial charge in [0.25, 0.3) is 0 Å². The molecule has 4 atom stereocenters. The van der Waals surface area contributed by atoms with Gasteiger partial charge in [-0.2, -0.15) is 0 Å². The number of hydrogen-bond acceptors (Lipinski definition) is 3. The van der Waals surface area contributed by atoms with Crippen LogP contribution in [0.5, 0.6) is 0 Å². The summed E-state index contributed by atoms with van der Waals surface area (Å²) in [6.07, 6.45) is 1.32. The lowest BCUT2D eigenvalue weighted by atomic mass is 9.90. The standard InChI is InChI=1S/C17H24O3/c1-12-9-13(2)17(18)20-16(12)14(3)10-19-11-15-7-5-4-6-8-15/h4-9,12,14,16-18H,10-11H2,1-3H3/t12-,14-,16+,17?/m1/s1. The van der Waals surface area contributed by atoms with Crippen molar-refractivity contribution in [2.75, 3.05) is 6.61 Å². The van der Waals surface area contributed by atoms with Crippen molar-refractivity contribution >= 4 is 0 Å². The van der Waals surface area contributed by atoms with E-state index in [4.69, 9.17) is 9.47 Å². The number of ether oxygens (including phenoxy) is 2. The minimum absolute atomic E-state index is 0.00414. The molecule has 1 unspecified atom stereocenters. The predicted molar refractivity (Wildman–Crippen MR) is 79.1 cm³/mol. The lowest BCUT2D eigenvalue weighted by Gasteiger charge is -2.34. The minimum Gasteiger partial charge on any atom is -0.376 e. The average molecular weight is 276 g/mol. The third-order valence-electron chi connectivity index (χ3n) is 3.77. The zero-order valence-electron chi connectivity index (χ0n) is 12.5. The maximum Gasteiger partial charge on any atom is 0.177 e. The third kappa shape index (κ3) is 3.92. The highest BCUT2D eigenvalue weighted by molar-refractivity contribution is 5.13. The van der Waals surface area contributed by atoms with Crippen molar-refractivity contribution in [3.8, 4) is 0 Å². The first-order chi connectivity index (χ1) is 9.58. The lowest BCUT2D eigenvalue weighted by Crippen LogP contribution is -2.38. The first-order valence-electron chi connectivity index (χ1n) is 7.21. The Morgan fingerprint density at radius 2 is 2.00 bits per heavy atom. The molecule has 0 saturated carbocycles. The second-order valence-corrected chi connectivity index (χ2v) is 5.70. The molecular weight excluding hydrogens is 252 g/mol. The monoisotopic (exact) mass is 276 g/mol. The lowest BCUT2D eigenvalue weighted by molar-refractivity contribution is -0.155. The maximum absolute atomic E-state index is 9.79. The average Bonchev–Trinajstić information content (AvgIpc) is 2.44. The molecule has 1 aromatic rings. The Bertz CT molecular complexity index is 441. The predicted octanol–water partition coefficient (Wildman–Crippen LogP) is 3.14. The highest BCUT2D eigenvalue weighted by Crippen LogP contribution is 2.27. The summed E-state index contributed by atoms with van der Waals surface area (Å²) in [5.74, 6) is 0.543. The van der Waals surface area contributed by atoms with Crippen LogP contribution in [0.2, 0.25) is 0 Å². The molecular formula is C17H24O3. The summed E-state index contributed by atoms with van der Waals surface area (Å²) in [6, 6.07) is 10.1. The van der Waals surface area contributed by atoms with Crippen LogP contribution in [-0.2, 0) is 16.1 Å². The summed E-state index contributed by atoms with van der Waals surface area (Å²) in [7, 11) is 0. The van der Waals surface area contributed by atoms with Gasteiger partial charge in [-0.1, -0.05) is 50.3 Å². The SMILES string of the molecule is CC1=C[C@@H](C)[C@@H]([C@H](C)COCc2ccccc2)OC1O. The zero-order valence-corrected chi connectivity index (χ0v) is 12.5. The summed E-state index contributed by atoms with van der Waals surface area (Å²) in [5.41, 5.74) is 2.07. The van der Waals surface area contributed by atoms with Crippen molar-refractivity contribution in [3.05, 3.63) is 47.5 Å². The molecule has 0 fully saturated rings. The molecule has 0 saturated heterocycles. The molecule has 3 heteroatoms. The van der Waals surface area contributed by atoms with Crippen LogP contribution < -0.4 is 0 Å². The van der Waals surface area contributed by atoms with Gasteiger partial charge in [0.05, 0.1) is 19.3 Å². The van der Waals surface area contributed by atoms with Gasteiger partial charge in [0.2, 0.25) is 0 Å². The van der Waals surface area contributed by atoms with Gasteiger partial charge >= 0.3 is 0 Å². The fourth-order valence-corrected chi connectivity index (χ4v) is 2.66. The van der Waals surface area contributed by atoms with Crippen LogP contribution in [0.25, 0.3) is 0 Å². The van der Waals surface area contributed by atoms with Gasteiger partial charge in [0.15, 0.2) is 6.29 Å². The highest BCUT2D eigenvalue weighted by atomic mass is 16.6. The molecule has 1 heterocycles. The molecule has 0 amide bonds. The molecule has 3 nitrogen and oxygen atoms in total. The second kappa shape index (κ2) is 7.02. The Balaban J connectivity index is 1.82. The molecule has 1 N–H and O–H groups in total. The van der Waals surface area contributed by atoms with E-state index < -0.39 is 6.29 Å². The molecule has 1 aliphatic heterocycles. The topological polar surface area (TPSA) is 38.7 Å². The van der Waals surface area contributed by atoms with Crippen molar-refractivity contribution in [1.82, 2.24) is 0 Å². The number of rotatable bonds is 5. The van der Waals surface area contributed by atoms with Gasteiger partial charge in [0, 0.05) is 11.8 Å². The fraction of sp³-hybridized carbons (Fsp3) is 0.529. The molecule has 2 rings (SSSR count). The number of aliphatic hydroxyl groups is 1. The maximum atomic E-state index is 9.79. The van der Waals surface area contributed by atoms with Crippen LogP contribution in [-0.4, -0.2) is 24.1 Å². The summed E-state index contributed by atoms with van der Waals surface area (Å²) in [6.45, 7) is 7.36. The van der Waals surface area contributed by atoms with Gasteiger partial charge in [-0.3, -0.25) is 0 Å². The Morgan fingerprint density at radius 1 is 1.30 bits per heavy atom. The Hall–Kier alpha value is -1.16. The molecule has 0 bridgehead atoms. The second-order valence-electron chi connectivity index (χ2n) is 5.70. The van der Waals surface area contributed by atoms with Crippen LogP contribution in [0, 0.1) is 11.8 Å². The van der Waals surface area contributed by atoms with Crippen molar-refractivity contribution in [2.45, 2.75) is 39.8 Å². The quantitative estimate of drug-likeness (QED) is 0.840. The zero-order chi connectivity index (χ0) is 14.5. The number of benzene rings is 1. The van der Waals surface area contributed by atoms with E-state index in [9.17, 15) is 5.11 Å². The van der Waals surface area contributed by atoms with Crippen LogP contribution in [0.1, 0.15) is 26.3 Å². The molecule has 0 aliphatic carbocycles. The number of aliphatic hydroxyl groups excluding tert-OH is 1. The van der Waals surface area contributed by atoms with Crippen molar-refractivity contribution in [3.63, 3.8) is 0 Å². The minimum atomic E-state index is -0.771. The third-order valence-corrected chi connectivity index (χ3v) is 3.77. The summed E-state index contributed by atoms with van der Waals surface area (Å²) < 4.78 is 11.4. The molecule has 110 valence electrons. The van der Waals surface area contributed by atoms with Crippen LogP contribution in [0.15, 0.2) is 42.0 Å². The molecule has 0 radical (unpaired) electrons. The molecule has 0 spiro atoms. The van der Waals surface area contributed by atoms with E-state index in [1.165, 1.54) is 5.56 Å². The van der Waals surface area contributed by atoms with Gasteiger partial charge in [-0.25, -0.2) is 0 Å². The van der Waals surface area contributed by atoms with E-state index >= 15 is 0 Å². The van der Waals surface area contributed by atoms with E-state index in [-0.39, 0.29) is 12.0 Å². The van der Waals surface area contributed by atoms with Crippen LogP contribution >= 0.6 is 0 Å².